The van der Waals surface area contributed by atoms with Crippen LogP contribution in [0.5, 0.6) is 0 Å². The molecule has 3 heterocycles. The number of nitrogens with zero attached hydrogens (tertiary/aromatic N) is 6. The number of hydrogen-bond donors (Lipinski definition) is 0. The van der Waals surface area contributed by atoms with Crippen molar-refractivity contribution in [3.63, 3.8) is 0 Å². The Bertz CT molecular complexity index is 650. The Hall–Kier alpha value is -2.25. The van der Waals surface area contributed by atoms with Crippen molar-refractivity contribution in [2.75, 3.05) is 27.2 Å². The van der Waals surface area contributed by atoms with Gasteiger partial charge in [-0.2, -0.15) is 0 Å². The number of guanidine groups is 1. The number of likely N-dealkylation sites (N-methyl/N-ethyl adjacent to an activating group) is 2. The smallest absolute Gasteiger partial charge is 0.270 e. The number of unbranched alkanes of at least 4 members (excludes halogenated alkanes) is 2. The molecule has 3 aliphatic heterocycles. The molecule has 3 rings (SSSR count). The topological polar surface area (TPSA) is 71.6 Å². The maximum Gasteiger partial charge on any atom is 0.416 e. The summed E-state index contributed by atoms with van der Waals surface area (Å²) >= 11 is 0. The number of carbonyl (C=O) groups excluding carboxylic acids is 2. The maximum atomic E-state index is 12.6. The summed E-state index contributed by atoms with van der Waals surface area (Å²) in [5.41, 5.74) is 0.941. The highest BCUT2D eigenvalue weighted by Crippen LogP contribution is 2.22. The Morgan fingerprint density at radius 1 is 1.22 bits per heavy atom. The van der Waals surface area contributed by atoms with E-state index >= 15 is 0 Å². The second-order valence-electron chi connectivity index (χ2n) is 6.20. The van der Waals surface area contributed by atoms with E-state index in [1.165, 1.54) is 11.9 Å². The van der Waals surface area contributed by atoms with E-state index in [0.717, 1.165) is 36.4 Å². The molecule has 3 aliphatic rings. The van der Waals surface area contributed by atoms with Crippen LogP contribution in [0.3, 0.4) is 0 Å². The molecule has 0 radical (unpaired) electrons. The summed E-state index contributed by atoms with van der Waals surface area (Å²) in [6.45, 7) is 5.43. The molecule has 0 aromatic carbocycles. The van der Waals surface area contributed by atoms with Gasteiger partial charge in [0.25, 0.3) is 5.91 Å². The second-order valence-corrected chi connectivity index (χ2v) is 6.20. The normalized spacial score (nSPS) is 24.0. The molecular formula is C15H23N6O2+. The summed E-state index contributed by atoms with van der Waals surface area (Å²) in [5, 5.41) is 6.45. The lowest BCUT2D eigenvalue weighted by atomic mass is 10.1. The van der Waals surface area contributed by atoms with Gasteiger partial charge in [-0.15, -0.1) is 10.1 Å². The van der Waals surface area contributed by atoms with Crippen LogP contribution in [0.25, 0.3) is 0 Å². The number of hydrogen-bond acceptors (Lipinski definition) is 5. The third kappa shape index (κ3) is 2.42. The summed E-state index contributed by atoms with van der Waals surface area (Å²) in [4.78, 5) is 31.9. The molecule has 0 spiro atoms. The Balaban J connectivity index is 1.93. The minimum absolute atomic E-state index is 0.231. The molecule has 0 aromatic heterocycles. The van der Waals surface area contributed by atoms with E-state index < -0.39 is 6.04 Å². The number of fused-ring (bicyclic) bond motifs is 2. The number of amidine groups is 1. The first kappa shape index (κ1) is 15.6. The zero-order valence-electron chi connectivity index (χ0n) is 14.1. The average molecular weight is 319 g/mol. The molecule has 23 heavy (non-hydrogen) atoms. The largest absolute Gasteiger partial charge is 0.416 e. The van der Waals surface area contributed by atoms with Gasteiger partial charge in [0.05, 0.1) is 12.3 Å². The van der Waals surface area contributed by atoms with Crippen molar-refractivity contribution in [2.45, 2.75) is 39.2 Å². The zero-order chi connectivity index (χ0) is 16.7. The van der Waals surface area contributed by atoms with Gasteiger partial charge >= 0.3 is 12.0 Å². The molecule has 124 valence electrons. The summed E-state index contributed by atoms with van der Waals surface area (Å²) in [6, 6.07) is -0.877. The van der Waals surface area contributed by atoms with Gasteiger partial charge in [-0.25, -0.2) is 9.37 Å². The molecule has 0 aliphatic carbocycles. The second kappa shape index (κ2) is 5.75. The van der Waals surface area contributed by atoms with Gasteiger partial charge < -0.3 is 0 Å². The minimum atomic E-state index is -0.531. The maximum absolute atomic E-state index is 12.6. The van der Waals surface area contributed by atoms with Crippen LogP contribution < -0.4 is 0 Å². The van der Waals surface area contributed by atoms with Crippen LogP contribution >= 0.6 is 0 Å². The molecule has 3 amide bonds. The van der Waals surface area contributed by atoms with E-state index in [0.29, 0.717) is 18.3 Å². The van der Waals surface area contributed by atoms with Crippen LogP contribution in [0.4, 0.5) is 4.79 Å². The van der Waals surface area contributed by atoms with E-state index in [-0.39, 0.29) is 11.9 Å². The molecule has 8 nitrogen and oxygen atoms in total. The summed E-state index contributed by atoms with van der Waals surface area (Å²) < 4.78 is 1.95. The lowest BCUT2D eigenvalue weighted by Gasteiger charge is -2.32. The summed E-state index contributed by atoms with van der Waals surface area (Å²) in [5.74, 6) is 0.943. The van der Waals surface area contributed by atoms with Gasteiger partial charge in [-0.05, 0) is 13.3 Å². The van der Waals surface area contributed by atoms with Crippen LogP contribution in [0, 0.1) is 0 Å². The predicted octanol–water partition coefficient (Wildman–Crippen LogP) is 0.541. The molecule has 1 unspecified atom stereocenters. The molecule has 0 aromatic rings. The lowest BCUT2D eigenvalue weighted by Crippen LogP contribution is -2.62. The number of imide groups is 1. The zero-order valence-corrected chi connectivity index (χ0v) is 14.1. The van der Waals surface area contributed by atoms with Crippen molar-refractivity contribution in [2.24, 2.45) is 10.1 Å². The molecular weight excluding hydrogens is 296 g/mol. The Morgan fingerprint density at radius 2 is 1.96 bits per heavy atom. The molecule has 0 N–H and O–H groups in total. The highest BCUT2D eigenvalue weighted by atomic mass is 16.2. The number of hydrazone groups is 1. The van der Waals surface area contributed by atoms with Gasteiger partial charge in [0.15, 0.2) is 0 Å². The number of aliphatic imine (C=N–C) groups is 1. The van der Waals surface area contributed by atoms with E-state index in [1.807, 2.05) is 16.5 Å². The van der Waals surface area contributed by atoms with Gasteiger partial charge in [-0.1, -0.05) is 24.8 Å². The fourth-order valence-electron chi connectivity index (χ4n) is 3.14. The van der Waals surface area contributed by atoms with Crippen molar-refractivity contribution < 1.29 is 14.2 Å². The van der Waals surface area contributed by atoms with Crippen LogP contribution in [0.1, 0.15) is 33.1 Å². The fourth-order valence-corrected chi connectivity index (χ4v) is 3.14. The van der Waals surface area contributed by atoms with E-state index in [2.05, 4.69) is 17.0 Å². The molecule has 1 fully saturated rings. The van der Waals surface area contributed by atoms with Crippen molar-refractivity contribution in [3.8, 4) is 0 Å². The van der Waals surface area contributed by atoms with E-state index in [9.17, 15) is 9.59 Å². The van der Waals surface area contributed by atoms with Crippen LogP contribution in [0.15, 0.2) is 10.1 Å². The Labute approximate surface area is 135 Å². The summed E-state index contributed by atoms with van der Waals surface area (Å²) in [6.07, 6.45) is 3.27. The van der Waals surface area contributed by atoms with Crippen LogP contribution in [0.2, 0.25) is 0 Å². The highest BCUT2D eigenvalue weighted by molar-refractivity contribution is 6.23. The Kier molecular flexibility index (Phi) is 3.91. The minimum Gasteiger partial charge on any atom is -0.270 e. The van der Waals surface area contributed by atoms with Crippen molar-refractivity contribution in [1.82, 2.24) is 14.8 Å². The Morgan fingerprint density at radius 3 is 2.65 bits per heavy atom. The SMILES string of the molecule is CCCCCN1N=C(C)C[N+]2=C1N=C1C2C(=O)N(C)C(=O)N1C. The molecule has 0 bridgehead atoms. The van der Waals surface area contributed by atoms with E-state index in [1.54, 1.807) is 7.05 Å². The number of urea groups is 1. The van der Waals surface area contributed by atoms with Gasteiger partial charge in [0.2, 0.25) is 11.9 Å². The lowest BCUT2D eigenvalue weighted by molar-refractivity contribution is -0.527. The van der Waals surface area contributed by atoms with Crippen molar-refractivity contribution in [1.29, 1.82) is 0 Å². The van der Waals surface area contributed by atoms with Crippen LogP contribution in [-0.4, -0.2) is 82.1 Å². The molecule has 0 saturated carbocycles. The van der Waals surface area contributed by atoms with Gasteiger partial charge in [-0.3, -0.25) is 14.6 Å². The first-order valence-electron chi connectivity index (χ1n) is 8.04. The first-order chi connectivity index (χ1) is 11.0. The average Bonchev–Trinajstić information content (AvgIpc) is 2.90. The van der Waals surface area contributed by atoms with Gasteiger partial charge in [0.1, 0.15) is 6.54 Å². The summed E-state index contributed by atoms with van der Waals surface area (Å²) in [7, 11) is 3.17. The monoisotopic (exact) mass is 319 g/mol. The van der Waals surface area contributed by atoms with Gasteiger partial charge in [0, 0.05) is 14.1 Å². The number of rotatable bonds is 4. The van der Waals surface area contributed by atoms with Crippen LogP contribution in [-0.2, 0) is 4.79 Å². The molecule has 8 heteroatoms. The highest BCUT2D eigenvalue weighted by Gasteiger charge is 2.53. The fraction of sp³-hybridized carbons (Fsp3) is 0.667. The third-order valence-corrected chi connectivity index (χ3v) is 4.40. The van der Waals surface area contributed by atoms with E-state index in [4.69, 9.17) is 0 Å². The quantitative estimate of drug-likeness (QED) is 0.561. The van der Waals surface area contributed by atoms with Crippen molar-refractivity contribution in [3.05, 3.63) is 0 Å². The number of carbonyl (C=O) groups is 2. The number of amides is 3. The standard InChI is InChI=1S/C15H23N6O2/c1-5-6-7-8-21-14-16-12-11(20(14)9-10(2)17-21)13(22)19(4)15(23)18(12)3/h11H,5-9H2,1-4H3/q+1. The third-order valence-electron chi connectivity index (χ3n) is 4.40. The molecule has 1 atom stereocenters. The van der Waals surface area contributed by atoms with Crippen molar-refractivity contribution >= 4 is 29.4 Å². The predicted molar refractivity (Wildman–Crippen MR) is 86.6 cm³/mol. The molecule has 1 saturated heterocycles. The first-order valence-corrected chi connectivity index (χ1v) is 8.04.